The van der Waals surface area contributed by atoms with Crippen molar-refractivity contribution in [1.29, 1.82) is 0 Å². The Bertz CT molecular complexity index is 1240. The zero-order valence-electron chi connectivity index (χ0n) is 17.4. The normalized spacial score (nSPS) is 29.3. The van der Waals surface area contributed by atoms with Crippen LogP contribution in [0.4, 0.5) is 13.2 Å². The van der Waals surface area contributed by atoms with Crippen molar-refractivity contribution >= 4 is 10.9 Å². The number of phenolic OH excluding ortho intramolecular Hbond substituents is 1. The van der Waals surface area contributed by atoms with Crippen LogP contribution < -0.4 is 0 Å². The molecule has 0 saturated carbocycles. The summed E-state index contributed by atoms with van der Waals surface area (Å²) in [6.07, 6.45) is -2.96. The molecule has 0 spiro atoms. The van der Waals surface area contributed by atoms with Crippen LogP contribution in [0.25, 0.3) is 10.9 Å². The number of phenols is 1. The summed E-state index contributed by atoms with van der Waals surface area (Å²) in [5.41, 5.74) is 2.23. The Kier molecular flexibility index (Phi) is 4.03. The highest BCUT2D eigenvalue weighted by molar-refractivity contribution is 5.79. The number of aromatic nitrogens is 1. The number of alkyl halides is 3. The summed E-state index contributed by atoms with van der Waals surface area (Å²) in [6.45, 7) is -0.795. The number of likely N-dealkylation sites (tertiary alicyclic amines) is 1. The van der Waals surface area contributed by atoms with Crippen molar-refractivity contribution < 1.29 is 23.4 Å². The maximum absolute atomic E-state index is 13.4. The largest absolute Gasteiger partial charge is 0.508 e. The molecule has 2 aliphatic carbocycles. The van der Waals surface area contributed by atoms with Gasteiger partial charge in [-0.15, -0.1) is 0 Å². The summed E-state index contributed by atoms with van der Waals surface area (Å²) in [5, 5.41) is 23.5. The molecule has 3 aromatic rings. The number of rotatable bonds is 1. The van der Waals surface area contributed by atoms with Crippen molar-refractivity contribution in [1.82, 2.24) is 9.88 Å². The van der Waals surface area contributed by atoms with E-state index < -0.39 is 29.8 Å². The van der Waals surface area contributed by atoms with Crippen molar-refractivity contribution in [2.24, 2.45) is 0 Å². The Morgan fingerprint density at radius 2 is 1.88 bits per heavy atom. The molecule has 166 valence electrons. The molecule has 1 aliphatic heterocycles. The fourth-order valence-corrected chi connectivity index (χ4v) is 6.51. The Hall–Kier alpha value is -2.64. The fraction of sp³-hybridized carbons (Fsp3) is 0.400. The molecule has 2 bridgehead atoms. The molecule has 1 aromatic heterocycles. The first kappa shape index (κ1) is 20.0. The van der Waals surface area contributed by atoms with E-state index in [-0.39, 0.29) is 18.7 Å². The number of halogens is 3. The van der Waals surface area contributed by atoms with Crippen LogP contribution in [-0.2, 0) is 24.7 Å². The van der Waals surface area contributed by atoms with E-state index in [4.69, 9.17) is 4.98 Å². The highest BCUT2D eigenvalue weighted by atomic mass is 19.4. The topological polar surface area (TPSA) is 56.6 Å². The molecule has 3 atom stereocenters. The minimum absolute atomic E-state index is 0.105. The molecule has 7 heteroatoms. The smallest absolute Gasteiger partial charge is 0.401 e. The molecule has 2 N–H and O–H groups in total. The lowest BCUT2D eigenvalue weighted by Gasteiger charge is -2.63. The van der Waals surface area contributed by atoms with Crippen LogP contribution in [0.3, 0.4) is 0 Å². The zero-order chi connectivity index (χ0) is 22.3. The molecule has 2 heterocycles. The predicted molar refractivity (Wildman–Crippen MR) is 114 cm³/mol. The van der Waals surface area contributed by atoms with Crippen molar-refractivity contribution in [2.75, 3.05) is 13.1 Å². The first-order valence-electron chi connectivity index (χ1n) is 10.9. The van der Waals surface area contributed by atoms with Gasteiger partial charge in [0.1, 0.15) is 5.75 Å². The molecule has 0 amide bonds. The summed E-state index contributed by atoms with van der Waals surface area (Å²) in [5.74, 6) is 0.105. The number of piperidine rings is 1. The standard InChI is InChI=1S/C25H23F3N2O2/c26-25(27,28)14-30-8-7-23-13-21-17(9-16-3-1-2-4-20(16)29-21)12-24(23,32)22(30)10-15-5-6-18(31)11-19(15)23/h1-6,9,11,22,31-32H,7-8,10,12-14H2/t22-,23-,24-/m1/s1. The maximum atomic E-state index is 13.4. The van der Waals surface area contributed by atoms with Crippen LogP contribution in [0.2, 0.25) is 0 Å². The molecular formula is C25H23F3N2O2. The van der Waals surface area contributed by atoms with E-state index in [1.165, 1.54) is 4.90 Å². The summed E-state index contributed by atoms with van der Waals surface area (Å²) in [4.78, 5) is 6.30. The third kappa shape index (κ3) is 2.74. The van der Waals surface area contributed by atoms with Crippen LogP contribution in [0.5, 0.6) is 5.75 Å². The van der Waals surface area contributed by atoms with Crippen molar-refractivity contribution in [3.8, 4) is 5.75 Å². The van der Waals surface area contributed by atoms with E-state index in [9.17, 15) is 23.4 Å². The number of hydrogen-bond donors (Lipinski definition) is 2. The summed E-state index contributed by atoms with van der Waals surface area (Å²) < 4.78 is 40.2. The van der Waals surface area contributed by atoms with Crippen molar-refractivity contribution in [2.45, 2.75) is 48.9 Å². The van der Waals surface area contributed by atoms with Gasteiger partial charge in [-0.1, -0.05) is 24.3 Å². The number of hydrogen-bond acceptors (Lipinski definition) is 4. The molecule has 32 heavy (non-hydrogen) atoms. The highest BCUT2D eigenvalue weighted by Gasteiger charge is 2.65. The van der Waals surface area contributed by atoms with Gasteiger partial charge in [-0.05, 0) is 60.3 Å². The van der Waals surface area contributed by atoms with Gasteiger partial charge in [0.25, 0.3) is 0 Å². The number of benzene rings is 2. The minimum atomic E-state index is -4.34. The van der Waals surface area contributed by atoms with Gasteiger partial charge in [0.2, 0.25) is 0 Å². The average Bonchev–Trinajstić information content (AvgIpc) is 2.72. The highest BCUT2D eigenvalue weighted by Crippen LogP contribution is 2.57. The summed E-state index contributed by atoms with van der Waals surface area (Å²) in [6, 6.07) is 14.2. The van der Waals surface area contributed by atoms with Crippen LogP contribution >= 0.6 is 0 Å². The number of aliphatic hydroxyl groups is 1. The lowest BCUT2D eigenvalue weighted by molar-refractivity contribution is -0.196. The minimum Gasteiger partial charge on any atom is -0.508 e. The third-order valence-corrected chi connectivity index (χ3v) is 7.87. The number of fused-ring (bicyclic) bond motifs is 3. The van der Waals surface area contributed by atoms with E-state index in [1.54, 1.807) is 18.2 Å². The zero-order valence-corrected chi connectivity index (χ0v) is 17.4. The van der Waals surface area contributed by atoms with Gasteiger partial charge in [0, 0.05) is 35.4 Å². The van der Waals surface area contributed by atoms with Crippen LogP contribution in [0.1, 0.15) is 28.8 Å². The summed E-state index contributed by atoms with van der Waals surface area (Å²) in [7, 11) is 0. The van der Waals surface area contributed by atoms with E-state index in [1.807, 2.05) is 30.3 Å². The fourth-order valence-electron chi connectivity index (χ4n) is 6.51. The lowest BCUT2D eigenvalue weighted by Crippen LogP contribution is -2.74. The molecule has 1 fully saturated rings. The van der Waals surface area contributed by atoms with Gasteiger partial charge in [-0.3, -0.25) is 9.88 Å². The second-order valence-electron chi connectivity index (χ2n) is 9.54. The molecule has 6 rings (SSSR count). The van der Waals surface area contributed by atoms with Crippen LogP contribution in [-0.4, -0.2) is 51.0 Å². The van der Waals surface area contributed by atoms with Crippen molar-refractivity contribution in [3.05, 3.63) is 70.9 Å². The van der Waals surface area contributed by atoms with Gasteiger partial charge >= 0.3 is 6.18 Å². The van der Waals surface area contributed by atoms with Crippen molar-refractivity contribution in [3.63, 3.8) is 0 Å². The first-order chi connectivity index (χ1) is 15.2. The Morgan fingerprint density at radius 1 is 1.06 bits per heavy atom. The van der Waals surface area contributed by atoms with Crippen LogP contribution in [0, 0.1) is 0 Å². The van der Waals surface area contributed by atoms with E-state index in [0.29, 0.717) is 19.3 Å². The Labute approximate surface area is 183 Å². The van der Waals surface area contributed by atoms with Gasteiger partial charge in [0.15, 0.2) is 0 Å². The van der Waals surface area contributed by atoms with E-state index in [0.717, 1.165) is 33.3 Å². The van der Waals surface area contributed by atoms with E-state index in [2.05, 4.69) is 0 Å². The monoisotopic (exact) mass is 440 g/mol. The molecule has 0 radical (unpaired) electrons. The lowest BCUT2D eigenvalue weighted by atomic mass is 9.49. The number of pyridine rings is 1. The quantitative estimate of drug-likeness (QED) is 0.603. The Morgan fingerprint density at radius 3 is 2.69 bits per heavy atom. The number of nitrogens with zero attached hydrogens (tertiary/aromatic N) is 2. The van der Waals surface area contributed by atoms with Gasteiger partial charge in [-0.25, -0.2) is 0 Å². The average molecular weight is 440 g/mol. The molecule has 0 unspecified atom stereocenters. The van der Waals surface area contributed by atoms with Gasteiger partial charge in [-0.2, -0.15) is 13.2 Å². The molecule has 2 aromatic carbocycles. The van der Waals surface area contributed by atoms with Gasteiger partial charge < -0.3 is 10.2 Å². The third-order valence-electron chi connectivity index (χ3n) is 7.87. The second kappa shape index (κ2) is 6.45. The second-order valence-corrected chi connectivity index (χ2v) is 9.54. The van der Waals surface area contributed by atoms with E-state index >= 15 is 0 Å². The first-order valence-corrected chi connectivity index (χ1v) is 10.9. The van der Waals surface area contributed by atoms with Gasteiger partial charge in [0.05, 0.1) is 17.7 Å². The maximum Gasteiger partial charge on any atom is 0.401 e. The molecule has 4 nitrogen and oxygen atoms in total. The number of aromatic hydroxyl groups is 1. The molecule has 1 saturated heterocycles. The molecule has 3 aliphatic rings. The molecular weight excluding hydrogens is 417 g/mol. The number of para-hydroxylation sites is 1. The Balaban J connectivity index is 1.56. The predicted octanol–water partition coefficient (Wildman–Crippen LogP) is 3.90. The SMILES string of the molecule is Oc1ccc2c(c1)[C@]13CCN(CC(F)(F)F)[C@H](C2)[C@]1(O)Cc1cc2ccccc2nc1C3. The van der Waals surface area contributed by atoms with Crippen LogP contribution in [0.15, 0.2) is 48.5 Å². The summed E-state index contributed by atoms with van der Waals surface area (Å²) >= 11 is 0.